The molecular weight excluding hydrogens is 510 g/mol. The number of H-pyrrole nitrogens is 2. The largest absolute Gasteiger partial charge is 0.452 e. The van der Waals surface area contributed by atoms with E-state index in [4.69, 9.17) is 4.74 Å². The Morgan fingerprint density at radius 2 is 1.55 bits per heavy atom. The number of rotatable bonds is 5. The predicted octanol–water partition coefficient (Wildman–Crippen LogP) is 5.37. The van der Waals surface area contributed by atoms with E-state index in [-0.39, 0.29) is 33.7 Å². The molecule has 6 rings (SSSR count). The van der Waals surface area contributed by atoms with Crippen molar-refractivity contribution >= 4 is 39.0 Å². The van der Waals surface area contributed by atoms with Crippen LogP contribution in [0.25, 0.3) is 27.6 Å². The third-order valence-corrected chi connectivity index (χ3v) is 6.90. The third kappa shape index (κ3) is 3.56. The van der Waals surface area contributed by atoms with Gasteiger partial charge in [-0.1, -0.05) is 36.4 Å². The summed E-state index contributed by atoms with van der Waals surface area (Å²) in [5.41, 5.74) is 0.693. The number of non-ortho nitro benzene ring substituents is 1. The van der Waals surface area contributed by atoms with Gasteiger partial charge in [-0.15, -0.1) is 0 Å². The maximum absolute atomic E-state index is 13.9. The van der Waals surface area contributed by atoms with Gasteiger partial charge < -0.3 is 19.8 Å². The summed E-state index contributed by atoms with van der Waals surface area (Å²) < 4.78 is 6.10. The number of ketones is 1. The lowest BCUT2D eigenvalue weighted by Crippen LogP contribution is -2.29. The number of carbonyl (C=O) groups is 1. The van der Waals surface area contributed by atoms with Gasteiger partial charge in [0.15, 0.2) is 5.76 Å². The number of aromatic amines is 2. The molecule has 10 heteroatoms. The summed E-state index contributed by atoms with van der Waals surface area (Å²) in [5.74, 6) is -3.26. The lowest BCUT2D eigenvalue weighted by Gasteiger charge is -2.26. The molecule has 0 saturated carbocycles. The minimum absolute atomic E-state index is 0.00447. The SMILES string of the molecule is N#CC1=C(c2c[nH]c3ccccc23)OC(O)(c2ccc([N+](=O)[O-])cc2)/C1=C(\C#N)C(=O)c1c[nH]c2ccccc12. The van der Waals surface area contributed by atoms with Crippen LogP contribution in [-0.2, 0) is 10.5 Å². The first-order chi connectivity index (χ1) is 19.4. The Morgan fingerprint density at radius 3 is 2.20 bits per heavy atom. The van der Waals surface area contributed by atoms with E-state index in [2.05, 4.69) is 9.97 Å². The Hall–Kier alpha value is -5.97. The highest BCUT2D eigenvalue weighted by Gasteiger charge is 2.50. The number of hydrogen-bond donors (Lipinski definition) is 3. The van der Waals surface area contributed by atoms with E-state index in [0.29, 0.717) is 21.9 Å². The molecule has 1 unspecified atom stereocenters. The zero-order chi connectivity index (χ0) is 28.0. The molecule has 1 aliphatic rings. The number of hydrogen-bond acceptors (Lipinski definition) is 7. The second-order valence-electron chi connectivity index (χ2n) is 9.05. The number of nitriles is 2. The third-order valence-electron chi connectivity index (χ3n) is 6.90. The summed E-state index contributed by atoms with van der Waals surface area (Å²) >= 11 is 0. The molecule has 192 valence electrons. The molecule has 3 aromatic carbocycles. The smallest absolute Gasteiger partial charge is 0.269 e. The molecule has 0 fully saturated rings. The molecule has 3 N–H and O–H groups in total. The Morgan fingerprint density at radius 1 is 0.925 bits per heavy atom. The molecule has 40 heavy (non-hydrogen) atoms. The zero-order valence-electron chi connectivity index (χ0n) is 20.5. The first-order valence-corrected chi connectivity index (χ1v) is 12.0. The molecule has 0 bridgehead atoms. The van der Waals surface area contributed by atoms with Crippen molar-refractivity contribution in [2.75, 3.05) is 0 Å². The molecule has 1 atom stereocenters. The van der Waals surface area contributed by atoms with Crippen molar-refractivity contribution in [3.05, 3.63) is 129 Å². The molecular formula is C30H17N5O5. The number of allylic oxidation sites excluding steroid dienone is 1. The van der Waals surface area contributed by atoms with Crippen molar-refractivity contribution in [2.24, 2.45) is 0 Å². The summed E-state index contributed by atoms with van der Waals surface area (Å²) in [5, 5.41) is 45.2. The molecule has 2 aromatic heterocycles. The Labute approximate surface area is 225 Å². The van der Waals surface area contributed by atoms with Gasteiger partial charge in [-0.25, -0.2) is 0 Å². The number of aliphatic hydroxyl groups is 1. The number of nitrogens with one attached hydrogen (secondary N) is 2. The van der Waals surface area contributed by atoms with Crippen molar-refractivity contribution in [2.45, 2.75) is 5.79 Å². The quantitative estimate of drug-likeness (QED) is 0.0907. The molecule has 5 aromatic rings. The van der Waals surface area contributed by atoms with Gasteiger partial charge in [0, 0.05) is 63.0 Å². The van der Waals surface area contributed by atoms with E-state index in [1.54, 1.807) is 42.6 Å². The fourth-order valence-corrected chi connectivity index (χ4v) is 5.01. The summed E-state index contributed by atoms with van der Waals surface area (Å²) in [6.07, 6.45) is 3.06. The van der Waals surface area contributed by atoms with Crippen molar-refractivity contribution < 1.29 is 19.6 Å². The summed E-state index contributed by atoms with van der Waals surface area (Å²) in [6.45, 7) is 0. The zero-order valence-corrected chi connectivity index (χ0v) is 20.5. The predicted molar refractivity (Wildman–Crippen MR) is 144 cm³/mol. The highest BCUT2D eigenvalue weighted by atomic mass is 16.6. The van der Waals surface area contributed by atoms with E-state index >= 15 is 0 Å². The van der Waals surface area contributed by atoms with E-state index in [9.17, 15) is 30.5 Å². The highest BCUT2D eigenvalue weighted by molar-refractivity contribution is 6.19. The summed E-state index contributed by atoms with van der Waals surface area (Å²) in [6, 6.07) is 23.0. The number of para-hydroxylation sites is 2. The number of fused-ring (bicyclic) bond motifs is 2. The van der Waals surface area contributed by atoms with Crippen LogP contribution in [0.5, 0.6) is 0 Å². The van der Waals surface area contributed by atoms with Crippen LogP contribution >= 0.6 is 0 Å². The standard InChI is InChI=1S/C30H17N5O5/c31-13-21(28(36)23-15-33-25-7-3-1-5-19(23)25)27-22(14-32)29(24-16-34-26-8-4-2-6-20(24)26)40-30(27,37)17-9-11-18(12-10-17)35(38)39/h1-12,15-16,33-34,37H/b27-21+. The van der Waals surface area contributed by atoms with Crippen LogP contribution in [0.15, 0.2) is 102 Å². The van der Waals surface area contributed by atoms with E-state index in [0.717, 1.165) is 17.6 Å². The topological polar surface area (TPSA) is 169 Å². The molecule has 0 amide bonds. The van der Waals surface area contributed by atoms with Crippen LogP contribution in [0.2, 0.25) is 0 Å². The van der Waals surface area contributed by atoms with Crippen molar-refractivity contribution in [3.8, 4) is 12.1 Å². The van der Waals surface area contributed by atoms with Gasteiger partial charge in [-0.05, 0) is 24.3 Å². The van der Waals surface area contributed by atoms with Gasteiger partial charge in [-0.3, -0.25) is 14.9 Å². The Bertz CT molecular complexity index is 2020. The van der Waals surface area contributed by atoms with Gasteiger partial charge in [0.1, 0.15) is 23.3 Å². The average molecular weight is 527 g/mol. The Kier molecular flexibility index (Phi) is 5.54. The normalized spacial score (nSPS) is 17.9. The number of nitro groups is 1. The van der Waals surface area contributed by atoms with Gasteiger partial charge in [0.2, 0.25) is 5.78 Å². The lowest BCUT2D eigenvalue weighted by molar-refractivity contribution is -0.384. The maximum atomic E-state index is 13.9. The van der Waals surface area contributed by atoms with Crippen LogP contribution in [0, 0.1) is 32.8 Å². The molecule has 0 aliphatic carbocycles. The molecule has 0 saturated heterocycles. The average Bonchev–Trinajstić information content (AvgIpc) is 3.68. The minimum Gasteiger partial charge on any atom is -0.452 e. The lowest BCUT2D eigenvalue weighted by atomic mass is 9.86. The second-order valence-corrected chi connectivity index (χ2v) is 9.05. The highest BCUT2D eigenvalue weighted by Crippen LogP contribution is 2.50. The molecule has 0 spiro atoms. The van der Waals surface area contributed by atoms with Gasteiger partial charge in [0.25, 0.3) is 11.5 Å². The first kappa shape index (κ1) is 24.4. The van der Waals surface area contributed by atoms with E-state index in [1.165, 1.54) is 18.3 Å². The molecule has 3 heterocycles. The number of nitro benzene ring substituents is 1. The number of Topliss-reactive ketones (excluding diaryl/α,β-unsaturated/α-hetero) is 1. The van der Waals surface area contributed by atoms with Crippen LogP contribution in [-0.4, -0.2) is 25.8 Å². The van der Waals surface area contributed by atoms with Gasteiger partial charge >= 0.3 is 0 Å². The molecule has 1 aliphatic heterocycles. The summed E-state index contributed by atoms with van der Waals surface area (Å²) in [4.78, 5) is 30.6. The maximum Gasteiger partial charge on any atom is 0.269 e. The van der Waals surface area contributed by atoms with E-state index in [1.807, 2.05) is 24.3 Å². The van der Waals surface area contributed by atoms with Crippen LogP contribution in [0.1, 0.15) is 21.5 Å². The second kappa shape index (κ2) is 9.10. The monoisotopic (exact) mass is 527 g/mol. The number of benzene rings is 3. The fourth-order valence-electron chi connectivity index (χ4n) is 5.01. The number of carbonyl (C=O) groups excluding carboxylic acids is 1. The number of nitrogens with zero attached hydrogens (tertiary/aromatic N) is 3. The Balaban J connectivity index is 1.63. The van der Waals surface area contributed by atoms with Crippen LogP contribution in [0.4, 0.5) is 5.69 Å². The number of aromatic nitrogens is 2. The van der Waals surface area contributed by atoms with Crippen LogP contribution in [0.3, 0.4) is 0 Å². The molecule has 10 nitrogen and oxygen atoms in total. The molecule has 0 radical (unpaired) electrons. The first-order valence-electron chi connectivity index (χ1n) is 12.0. The fraction of sp³-hybridized carbons (Fsp3) is 0.0333. The van der Waals surface area contributed by atoms with Crippen molar-refractivity contribution in [3.63, 3.8) is 0 Å². The van der Waals surface area contributed by atoms with Gasteiger partial charge in [0.05, 0.1) is 10.5 Å². The van der Waals surface area contributed by atoms with Crippen molar-refractivity contribution in [1.82, 2.24) is 9.97 Å². The number of ether oxygens (including phenoxy) is 1. The van der Waals surface area contributed by atoms with Crippen molar-refractivity contribution in [1.29, 1.82) is 10.5 Å². The summed E-state index contributed by atoms with van der Waals surface area (Å²) in [7, 11) is 0. The van der Waals surface area contributed by atoms with Crippen LogP contribution < -0.4 is 0 Å². The minimum atomic E-state index is -2.49. The van der Waals surface area contributed by atoms with Gasteiger partial charge in [-0.2, -0.15) is 10.5 Å². The van der Waals surface area contributed by atoms with E-state index < -0.39 is 22.1 Å².